The molecular weight excluding hydrogens is 584 g/mol. The van der Waals surface area contributed by atoms with Gasteiger partial charge in [-0.3, -0.25) is 28.8 Å². The maximum atomic E-state index is 14.6. The summed E-state index contributed by atoms with van der Waals surface area (Å²) in [4.78, 5) is 81.0. The van der Waals surface area contributed by atoms with Gasteiger partial charge in [-0.1, -0.05) is 71.9 Å². The number of carbonyl (C=O) groups excluding carboxylic acids is 6. The van der Waals surface area contributed by atoms with Crippen LogP contribution in [-0.4, -0.2) is 50.5 Å². The van der Waals surface area contributed by atoms with Crippen molar-refractivity contribution in [2.45, 2.75) is 92.6 Å². The zero-order valence-corrected chi connectivity index (χ0v) is 27.9. The van der Waals surface area contributed by atoms with Crippen LogP contribution in [0.25, 0.3) is 0 Å². The Balaban J connectivity index is 1.63. The molecule has 2 saturated carbocycles. The van der Waals surface area contributed by atoms with Gasteiger partial charge in [0.1, 0.15) is 17.5 Å². The SMILES string of the molecule is CC(=O)c1ccc(CCc2cc(C(C)C)c3c(c2O)C(=O)C2C(=O)[C@@]4(O)C(=O)C(C(C)=O)C(=O)C(C(C)C)[C@@]4(C)C[C@@]2(C)C3)cc1. The second-order valence-electron chi connectivity index (χ2n) is 15.1. The molecule has 2 fully saturated rings. The molecule has 0 aliphatic heterocycles. The molecule has 3 unspecified atom stereocenters. The summed E-state index contributed by atoms with van der Waals surface area (Å²) in [5, 5.41) is 23.9. The van der Waals surface area contributed by atoms with E-state index in [1.54, 1.807) is 39.8 Å². The Bertz CT molecular complexity index is 1700. The first-order chi connectivity index (χ1) is 21.3. The lowest BCUT2D eigenvalue weighted by Gasteiger charge is -2.62. The number of carbonyl (C=O) groups is 6. The summed E-state index contributed by atoms with van der Waals surface area (Å²) in [7, 11) is 0. The van der Waals surface area contributed by atoms with Gasteiger partial charge in [0.2, 0.25) is 0 Å². The second kappa shape index (κ2) is 11.2. The van der Waals surface area contributed by atoms with E-state index in [0.717, 1.165) is 18.1 Å². The first-order valence-corrected chi connectivity index (χ1v) is 16.2. The van der Waals surface area contributed by atoms with Crippen molar-refractivity contribution in [3.63, 3.8) is 0 Å². The summed E-state index contributed by atoms with van der Waals surface area (Å²) >= 11 is 0. The quantitative estimate of drug-likeness (QED) is 0.315. The second-order valence-corrected chi connectivity index (χ2v) is 15.1. The Morgan fingerprint density at radius 2 is 1.54 bits per heavy atom. The van der Waals surface area contributed by atoms with E-state index in [0.29, 0.717) is 29.5 Å². The molecule has 0 radical (unpaired) electrons. The Morgan fingerprint density at radius 3 is 2.07 bits per heavy atom. The van der Waals surface area contributed by atoms with Crippen LogP contribution >= 0.6 is 0 Å². The van der Waals surface area contributed by atoms with Gasteiger partial charge in [0, 0.05) is 16.9 Å². The number of fused-ring (bicyclic) bond motifs is 3. The number of benzene rings is 2. The van der Waals surface area contributed by atoms with E-state index in [9.17, 15) is 39.0 Å². The minimum atomic E-state index is -2.72. The van der Waals surface area contributed by atoms with E-state index in [4.69, 9.17) is 0 Å². The third-order valence-electron chi connectivity index (χ3n) is 11.2. The number of aryl methyl sites for hydroxylation is 2. The fourth-order valence-corrected chi connectivity index (χ4v) is 9.18. The van der Waals surface area contributed by atoms with Gasteiger partial charge in [0.05, 0.1) is 11.5 Å². The molecule has 46 heavy (non-hydrogen) atoms. The maximum absolute atomic E-state index is 14.6. The average Bonchev–Trinajstić information content (AvgIpc) is 2.94. The van der Waals surface area contributed by atoms with Crippen molar-refractivity contribution in [2.24, 2.45) is 34.5 Å². The van der Waals surface area contributed by atoms with Crippen LogP contribution in [0.15, 0.2) is 30.3 Å². The van der Waals surface area contributed by atoms with E-state index in [1.165, 1.54) is 6.92 Å². The van der Waals surface area contributed by atoms with E-state index < -0.39 is 69.0 Å². The van der Waals surface area contributed by atoms with Crippen LogP contribution in [-0.2, 0) is 38.4 Å². The standard InChI is InChI=1S/C38H44O8/c1-18(2)25-15-24(14-11-22-9-12-23(13-10-22)20(5)39)31(41)28-26(25)16-36(7)17-37(8)29(19(3)4)32(42)27(21(6)40)34(44)38(37,46)35(45)30(36)33(28)43/h9-10,12-13,15,18-19,27,29-30,41,46H,11,14,16-17H2,1-8H3/t27?,29?,30?,36-,37-,38+/m1/s1. The van der Waals surface area contributed by atoms with Crippen LogP contribution < -0.4 is 0 Å². The number of phenolic OH excluding ortho intramolecular Hbond substituents is 1. The molecule has 3 aliphatic rings. The molecule has 0 spiro atoms. The van der Waals surface area contributed by atoms with E-state index in [1.807, 2.05) is 32.0 Å². The van der Waals surface area contributed by atoms with Gasteiger partial charge < -0.3 is 10.2 Å². The summed E-state index contributed by atoms with van der Waals surface area (Å²) in [5.74, 6) is -8.97. The summed E-state index contributed by atoms with van der Waals surface area (Å²) < 4.78 is 0. The minimum Gasteiger partial charge on any atom is -0.507 e. The van der Waals surface area contributed by atoms with E-state index in [2.05, 4.69) is 0 Å². The zero-order chi connectivity index (χ0) is 34.3. The molecule has 8 heteroatoms. The lowest BCUT2D eigenvalue weighted by atomic mass is 9.39. The Morgan fingerprint density at radius 1 is 0.935 bits per heavy atom. The summed E-state index contributed by atoms with van der Waals surface area (Å²) in [6.07, 6.45) is 1.17. The number of Topliss-reactive ketones (excluding diaryl/α,β-unsaturated/α-hetero) is 6. The largest absolute Gasteiger partial charge is 0.507 e. The van der Waals surface area contributed by atoms with Crippen LogP contribution in [0, 0.1) is 34.5 Å². The Hall–Kier alpha value is -3.78. The highest BCUT2D eigenvalue weighted by Crippen LogP contribution is 2.64. The lowest BCUT2D eigenvalue weighted by molar-refractivity contribution is -0.205. The zero-order valence-electron chi connectivity index (χ0n) is 27.9. The molecule has 0 amide bonds. The normalized spacial score (nSPS) is 30.7. The first kappa shape index (κ1) is 33.6. The smallest absolute Gasteiger partial charge is 0.190 e. The number of phenols is 1. The third-order valence-corrected chi connectivity index (χ3v) is 11.2. The Kier molecular flexibility index (Phi) is 8.16. The van der Waals surface area contributed by atoms with Crippen molar-refractivity contribution in [1.82, 2.24) is 0 Å². The lowest BCUT2D eigenvalue weighted by Crippen LogP contribution is -2.76. The topological polar surface area (TPSA) is 143 Å². The van der Waals surface area contributed by atoms with Crippen molar-refractivity contribution in [3.8, 4) is 5.75 Å². The maximum Gasteiger partial charge on any atom is 0.190 e. The van der Waals surface area contributed by atoms with Gasteiger partial charge in [0.25, 0.3) is 0 Å². The summed E-state index contributed by atoms with van der Waals surface area (Å²) in [6, 6.07) is 9.14. The van der Waals surface area contributed by atoms with Gasteiger partial charge in [-0.15, -0.1) is 0 Å². The monoisotopic (exact) mass is 628 g/mol. The van der Waals surface area contributed by atoms with Crippen molar-refractivity contribution in [3.05, 3.63) is 63.7 Å². The molecule has 244 valence electrons. The van der Waals surface area contributed by atoms with Crippen LogP contribution in [0.3, 0.4) is 0 Å². The van der Waals surface area contributed by atoms with Crippen LogP contribution in [0.1, 0.15) is 111 Å². The molecule has 5 rings (SSSR count). The van der Waals surface area contributed by atoms with Gasteiger partial charge >= 0.3 is 0 Å². The fraction of sp³-hybridized carbons (Fsp3) is 0.526. The van der Waals surface area contributed by atoms with Crippen molar-refractivity contribution < 1.29 is 39.0 Å². The predicted molar refractivity (Wildman–Crippen MR) is 171 cm³/mol. The number of hydrogen-bond donors (Lipinski definition) is 2. The highest BCUT2D eigenvalue weighted by Gasteiger charge is 2.76. The van der Waals surface area contributed by atoms with Crippen molar-refractivity contribution in [1.29, 1.82) is 0 Å². The molecule has 2 N–H and O–H groups in total. The number of aromatic hydroxyl groups is 1. The number of ketones is 6. The highest BCUT2D eigenvalue weighted by atomic mass is 16.3. The third kappa shape index (κ3) is 4.66. The number of hydrogen-bond acceptors (Lipinski definition) is 8. The minimum absolute atomic E-state index is 0.0271. The van der Waals surface area contributed by atoms with E-state index >= 15 is 0 Å². The first-order valence-electron chi connectivity index (χ1n) is 16.2. The van der Waals surface area contributed by atoms with Gasteiger partial charge in [-0.05, 0) is 79.0 Å². The van der Waals surface area contributed by atoms with Crippen LogP contribution in [0.4, 0.5) is 0 Å². The predicted octanol–water partition coefficient (Wildman–Crippen LogP) is 5.20. The molecule has 2 aromatic carbocycles. The van der Waals surface area contributed by atoms with Gasteiger partial charge in [0.15, 0.2) is 34.5 Å². The van der Waals surface area contributed by atoms with Crippen molar-refractivity contribution in [2.75, 3.05) is 0 Å². The number of rotatable bonds is 7. The van der Waals surface area contributed by atoms with E-state index in [-0.39, 0.29) is 35.9 Å². The summed E-state index contributed by atoms with van der Waals surface area (Å²) in [5.41, 5.74) is -1.69. The van der Waals surface area contributed by atoms with Crippen LogP contribution in [0.5, 0.6) is 5.75 Å². The fourth-order valence-electron chi connectivity index (χ4n) is 9.18. The molecule has 6 atom stereocenters. The highest BCUT2D eigenvalue weighted by molar-refractivity contribution is 6.32. The molecule has 3 aliphatic carbocycles. The number of aliphatic hydroxyl groups is 1. The van der Waals surface area contributed by atoms with Gasteiger partial charge in [-0.25, -0.2) is 0 Å². The average molecular weight is 629 g/mol. The van der Waals surface area contributed by atoms with Crippen molar-refractivity contribution >= 4 is 34.7 Å². The Labute approximate surface area is 270 Å². The molecule has 2 aromatic rings. The van der Waals surface area contributed by atoms with Gasteiger partial charge in [-0.2, -0.15) is 0 Å². The van der Waals surface area contributed by atoms with Crippen LogP contribution in [0.2, 0.25) is 0 Å². The molecular formula is C38H44O8. The molecule has 8 nitrogen and oxygen atoms in total. The summed E-state index contributed by atoms with van der Waals surface area (Å²) in [6.45, 7) is 13.5. The molecule has 0 bridgehead atoms. The molecule has 0 aromatic heterocycles. The molecule has 0 heterocycles. The molecule has 0 saturated heterocycles.